The molecule has 0 saturated heterocycles. The summed E-state index contributed by atoms with van der Waals surface area (Å²) in [6, 6.07) is 5.54. The molecule has 1 aliphatic rings. The van der Waals surface area contributed by atoms with Gasteiger partial charge in [-0.2, -0.15) is 0 Å². The maximum atomic E-state index is 11.7. The molecule has 0 unspecified atom stereocenters. The highest BCUT2D eigenvalue weighted by molar-refractivity contribution is 6.00. The van der Waals surface area contributed by atoms with Crippen LogP contribution in [0.3, 0.4) is 0 Å². The van der Waals surface area contributed by atoms with Gasteiger partial charge in [-0.15, -0.1) is 0 Å². The van der Waals surface area contributed by atoms with E-state index in [0.717, 1.165) is 10.9 Å². The van der Waals surface area contributed by atoms with Crippen LogP contribution in [0.25, 0.3) is 10.9 Å². The van der Waals surface area contributed by atoms with Gasteiger partial charge >= 0.3 is 11.9 Å². The first-order chi connectivity index (χ1) is 10.6. The lowest BCUT2D eigenvalue weighted by Crippen LogP contribution is -2.18. The highest BCUT2D eigenvalue weighted by Crippen LogP contribution is 2.36. The van der Waals surface area contributed by atoms with Gasteiger partial charge in [0, 0.05) is 11.8 Å². The number of hydrogen-bond acceptors (Lipinski definition) is 4. The zero-order chi connectivity index (χ0) is 15.7. The molecule has 0 aliphatic carbocycles. The molecule has 0 saturated carbocycles. The van der Waals surface area contributed by atoms with Crippen molar-refractivity contribution in [3.8, 4) is 5.75 Å². The van der Waals surface area contributed by atoms with Gasteiger partial charge in [-0.25, -0.2) is 4.79 Å². The van der Waals surface area contributed by atoms with Gasteiger partial charge in [0.05, 0.1) is 18.7 Å². The third-order valence-electron chi connectivity index (χ3n) is 3.81. The molecule has 0 radical (unpaired) electrons. The van der Waals surface area contributed by atoms with Crippen molar-refractivity contribution in [1.82, 2.24) is 4.57 Å². The van der Waals surface area contributed by atoms with E-state index in [0.29, 0.717) is 37.5 Å². The monoisotopic (exact) mass is 303 g/mol. The zero-order valence-corrected chi connectivity index (χ0v) is 12.3. The Hall–Kier alpha value is -2.50. The number of carbonyl (C=O) groups is 2. The SMILES string of the molecule is CCOC(=O)CCc1c(C(=O)O)n2c3c(cccc13)OCC2. The zero-order valence-electron chi connectivity index (χ0n) is 12.3. The quantitative estimate of drug-likeness (QED) is 0.857. The minimum Gasteiger partial charge on any atom is -0.490 e. The summed E-state index contributed by atoms with van der Waals surface area (Å²) in [4.78, 5) is 23.3. The maximum Gasteiger partial charge on any atom is 0.352 e. The smallest absolute Gasteiger partial charge is 0.352 e. The Morgan fingerprint density at radius 1 is 1.41 bits per heavy atom. The van der Waals surface area contributed by atoms with Gasteiger partial charge in [-0.3, -0.25) is 4.79 Å². The van der Waals surface area contributed by atoms with Crippen molar-refractivity contribution in [2.24, 2.45) is 0 Å². The highest BCUT2D eigenvalue weighted by atomic mass is 16.5. The lowest BCUT2D eigenvalue weighted by atomic mass is 10.1. The molecule has 3 rings (SSSR count). The Morgan fingerprint density at radius 3 is 2.95 bits per heavy atom. The van der Waals surface area contributed by atoms with Crippen molar-refractivity contribution < 1.29 is 24.2 Å². The lowest BCUT2D eigenvalue weighted by Gasteiger charge is -2.17. The fraction of sp³-hybridized carbons (Fsp3) is 0.375. The molecule has 0 amide bonds. The summed E-state index contributed by atoms with van der Waals surface area (Å²) in [5.41, 5.74) is 1.71. The fourth-order valence-corrected chi connectivity index (χ4v) is 2.99. The second-order valence-corrected chi connectivity index (χ2v) is 5.09. The second kappa shape index (κ2) is 5.71. The Kier molecular flexibility index (Phi) is 3.75. The van der Waals surface area contributed by atoms with Crippen molar-refractivity contribution in [3.63, 3.8) is 0 Å². The summed E-state index contributed by atoms with van der Waals surface area (Å²) in [5, 5.41) is 10.4. The number of carboxylic acids is 1. The normalized spacial score (nSPS) is 13.0. The van der Waals surface area contributed by atoms with Gasteiger partial charge < -0.3 is 19.1 Å². The summed E-state index contributed by atoms with van der Waals surface area (Å²) in [5.74, 6) is -0.612. The molecule has 1 aromatic heterocycles. The molecule has 2 aromatic rings. The summed E-state index contributed by atoms with van der Waals surface area (Å²) < 4.78 is 12.3. The molecule has 1 N–H and O–H groups in total. The van der Waals surface area contributed by atoms with Crippen LogP contribution in [0.1, 0.15) is 29.4 Å². The van der Waals surface area contributed by atoms with E-state index in [1.807, 2.05) is 18.2 Å². The van der Waals surface area contributed by atoms with Crippen LogP contribution in [0.5, 0.6) is 5.75 Å². The largest absolute Gasteiger partial charge is 0.490 e. The molecule has 0 bridgehead atoms. The minimum atomic E-state index is -0.983. The molecule has 0 atom stereocenters. The molecule has 0 fully saturated rings. The van der Waals surface area contributed by atoms with Crippen LogP contribution in [0, 0.1) is 0 Å². The van der Waals surface area contributed by atoms with Gasteiger partial charge in [-0.05, 0) is 25.0 Å². The van der Waals surface area contributed by atoms with Crippen LogP contribution in [0.2, 0.25) is 0 Å². The number of esters is 1. The van der Waals surface area contributed by atoms with Gasteiger partial charge in [-0.1, -0.05) is 12.1 Å². The van der Waals surface area contributed by atoms with E-state index in [4.69, 9.17) is 9.47 Å². The number of ether oxygens (including phenoxy) is 2. The van der Waals surface area contributed by atoms with Gasteiger partial charge in [0.2, 0.25) is 0 Å². The first kappa shape index (κ1) is 14.4. The van der Waals surface area contributed by atoms with Crippen molar-refractivity contribution in [2.45, 2.75) is 26.3 Å². The molecule has 0 spiro atoms. The van der Waals surface area contributed by atoms with Gasteiger partial charge in [0.1, 0.15) is 18.1 Å². The first-order valence-electron chi connectivity index (χ1n) is 7.29. The molecule has 6 heteroatoms. The topological polar surface area (TPSA) is 77.8 Å². The van der Waals surface area contributed by atoms with Crippen molar-refractivity contribution in [3.05, 3.63) is 29.5 Å². The molecular weight excluding hydrogens is 286 g/mol. The van der Waals surface area contributed by atoms with E-state index in [1.165, 1.54) is 0 Å². The van der Waals surface area contributed by atoms with Gasteiger partial charge in [0.15, 0.2) is 0 Å². The lowest BCUT2D eigenvalue weighted by molar-refractivity contribution is -0.143. The Labute approximate surface area is 127 Å². The Balaban J connectivity index is 2.08. The van der Waals surface area contributed by atoms with E-state index >= 15 is 0 Å². The standard InChI is InChI=1S/C16H17NO5/c1-2-21-13(18)7-6-11-10-4-3-5-12-14(10)17(8-9-22-12)15(11)16(19)20/h3-5H,2,6-9H2,1H3,(H,19,20). The van der Waals surface area contributed by atoms with Crippen molar-refractivity contribution in [2.75, 3.05) is 13.2 Å². The van der Waals surface area contributed by atoms with Crippen LogP contribution in [-0.2, 0) is 22.5 Å². The van der Waals surface area contributed by atoms with E-state index in [1.54, 1.807) is 11.5 Å². The number of aromatic carboxylic acids is 1. The molecule has 1 aromatic carbocycles. The summed E-state index contributed by atoms with van der Waals surface area (Å²) in [7, 11) is 0. The van der Waals surface area contributed by atoms with Crippen LogP contribution in [0.15, 0.2) is 18.2 Å². The summed E-state index contributed by atoms with van der Waals surface area (Å²) in [6.07, 6.45) is 0.506. The molecular formula is C16H17NO5. The van der Waals surface area contributed by atoms with Crippen molar-refractivity contribution >= 4 is 22.8 Å². The fourth-order valence-electron chi connectivity index (χ4n) is 2.99. The number of aromatic nitrogens is 1. The van der Waals surface area contributed by atoms with Crippen LogP contribution in [-0.4, -0.2) is 34.8 Å². The van der Waals surface area contributed by atoms with Crippen LogP contribution >= 0.6 is 0 Å². The molecule has 2 heterocycles. The number of para-hydroxylation sites is 1. The number of aryl methyl sites for hydroxylation is 1. The van der Waals surface area contributed by atoms with E-state index in [-0.39, 0.29) is 18.1 Å². The van der Waals surface area contributed by atoms with E-state index < -0.39 is 5.97 Å². The predicted molar refractivity (Wildman–Crippen MR) is 79.3 cm³/mol. The van der Waals surface area contributed by atoms with Crippen molar-refractivity contribution in [1.29, 1.82) is 0 Å². The number of carbonyl (C=O) groups excluding carboxylic acids is 1. The Bertz CT molecular complexity index is 747. The molecule has 116 valence electrons. The summed E-state index contributed by atoms with van der Waals surface area (Å²) in [6.45, 7) is 3.01. The van der Waals surface area contributed by atoms with Gasteiger partial charge in [0.25, 0.3) is 0 Å². The minimum absolute atomic E-state index is 0.165. The third-order valence-corrected chi connectivity index (χ3v) is 3.81. The number of nitrogens with zero attached hydrogens (tertiary/aromatic N) is 1. The van der Waals surface area contributed by atoms with Crippen LogP contribution in [0.4, 0.5) is 0 Å². The average molecular weight is 303 g/mol. The first-order valence-corrected chi connectivity index (χ1v) is 7.29. The number of hydrogen-bond donors (Lipinski definition) is 1. The van der Waals surface area contributed by atoms with E-state index in [9.17, 15) is 14.7 Å². The Morgan fingerprint density at radius 2 is 2.23 bits per heavy atom. The second-order valence-electron chi connectivity index (χ2n) is 5.09. The maximum absolute atomic E-state index is 11.7. The molecule has 1 aliphatic heterocycles. The average Bonchev–Trinajstić information content (AvgIpc) is 2.82. The third kappa shape index (κ3) is 2.30. The molecule has 6 nitrogen and oxygen atoms in total. The summed E-state index contributed by atoms with van der Waals surface area (Å²) >= 11 is 0. The molecule has 22 heavy (non-hydrogen) atoms. The van der Waals surface area contributed by atoms with Crippen LogP contribution < -0.4 is 4.74 Å². The number of benzene rings is 1. The number of rotatable bonds is 5. The predicted octanol–water partition coefficient (Wildman–Crippen LogP) is 2.23. The number of carboxylic acid groups (broad SMARTS) is 1. The van der Waals surface area contributed by atoms with E-state index in [2.05, 4.69) is 0 Å². The highest BCUT2D eigenvalue weighted by Gasteiger charge is 2.26.